The summed E-state index contributed by atoms with van der Waals surface area (Å²) < 4.78 is 5.43. The first kappa shape index (κ1) is 11.0. The normalized spacial score (nSPS) is 14.9. The van der Waals surface area contributed by atoms with Gasteiger partial charge in [-0.25, -0.2) is 4.98 Å². The number of methoxy groups -OCH3 is 1. The Kier molecular flexibility index (Phi) is 2.90. The zero-order valence-electron chi connectivity index (χ0n) is 9.60. The third kappa shape index (κ3) is 1.79. The molecule has 0 fully saturated rings. The van der Waals surface area contributed by atoms with E-state index in [0.29, 0.717) is 6.54 Å². The van der Waals surface area contributed by atoms with Gasteiger partial charge in [-0.15, -0.1) is 0 Å². The van der Waals surface area contributed by atoms with E-state index in [0.717, 1.165) is 16.6 Å². The lowest BCUT2D eigenvalue weighted by atomic mass is 10.0. The molecule has 84 valence electrons. The van der Waals surface area contributed by atoms with Crippen LogP contribution in [0.1, 0.15) is 12.6 Å². The van der Waals surface area contributed by atoms with Crippen molar-refractivity contribution in [3.8, 4) is 0 Å². The van der Waals surface area contributed by atoms with Gasteiger partial charge in [0, 0.05) is 19.0 Å². The number of rotatable bonds is 3. The Balaban J connectivity index is 2.54. The first-order valence-corrected chi connectivity index (χ1v) is 5.31. The van der Waals surface area contributed by atoms with Crippen LogP contribution in [0.15, 0.2) is 36.4 Å². The summed E-state index contributed by atoms with van der Waals surface area (Å²) in [6.45, 7) is 2.36. The molecule has 2 aromatic rings. The van der Waals surface area contributed by atoms with E-state index in [1.165, 1.54) is 0 Å². The van der Waals surface area contributed by atoms with Crippen molar-refractivity contribution >= 4 is 10.9 Å². The van der Waals surface area contributed by atoms with E-state index in [1.54, 1.807) is 7.11 Å². The summed E-state index contributed by atoms with van der Waals surface area (Å²) in [5.74, 6) is 0. The van der Waals surface area contributed by atoms with Crippen LogP contribution in [0.3, 0.4) is 0 Å². The van der Waals surface area contributed by atoms with Gasteiger partial charge in [0.1, 0.15) is 5.60 Å². The summed E-state index contributed by atoms with van der Waals surface area (Å²) in [4.78, 5) is 4.58. The van der Waals surface area contributed by atoms with Crippen molar-refractivity contribution in [3.05, 3.63) is 42.1 Å². The molecule has 0 radical (unpaired) electrons. The van der Waals surface area contributed by atoms with Gasteiger partial charge in [-0.05, 0) is 19.1 Å². The molecular weight excluding hydrogens is 200 g/mol. The monoisotopic (exact) mass is 216 g/mol. The summed E-state index contributed by atoms with van der Waals surface area (Å²) in [6.07, 6.45) is 0. The molecule has 0 saturated heterocycles. The number of hydrogen-bond acceptors (Lipinski definition) is 3. The van der Waals surface area contributed by atoms with Gasteiger partial charge in [0.25, 0.3) is 0 Å². The number of nitrogens with two attached hydrogens (primary N) is 1. The molecule has 0 aliphatic rings. The van der Waals surface area contributed by atoms with E-state index < -0.39 is 5.60 Å². The standard InChI is InChI=1S/C13H16N2O/c1-13(9-14,16-2)12-8-7-10-5-3-4-6-11(10)15-12/h3-8H,9,14H2,1-2H3. The third-order valence-electron chi connectivity index (χ3n) is 2.98. The zero-order valence-corrected chi connectivity index (χ0v) is 9.60. The minimum Gasteiger partial charge on any atom is -0.371 e. The van der Waals surface area contributed by atoms with E-state index in [4.69, 9.17) is 10.5 Å². The smallest absolute Gasteiger partial charge is 0.119 e. The van der Waals surface area contributed by atoms with Gasteiger partial charge in [0.05, 0.1) is 11.2 Å². The predicted molar refractivity (Wildman–Crippen MR) is 65.2 cm³/mol. The lowest BCUT2D eigenvalue weighted by molar-refractivity contribution is 0.00667. The van der Waals surface area contributed by atoms with Crippen LogP contribution in [0.25, 0.3) is 10.9 Å². The van der Waals surface area contributed by atoms with E-state index in [2.05, 4.69) is 4.98 Å². The highest BCUT2D eigenvalue weighted by Crippen LogP contribution is 2.23. The summed E-state index contributed by atoms with van der Waals surface area (Å²) in [7, 11) is 1.66. The Bertz CT molecular complexity index is 492. The van der Waals surface area contributed by atoms with Crippen LogP contribution in [-0.2, 0) is 10.3 Å². The molecule has 1 unspecified atom stereocenters. The third-order valence-corrected chi connectivity index (χ3v) is 2.98. The van der Waals surface area contributed by atoms with Crippen molar-refractivity contribution in [1.82, 2.24) is 4.98 Å². The minimum absolute atomic E-state index is 0.412. The second-order valence-corrected chi connectivity index (χ2v) is 4.03. The number of fused-ring (bicyclic) bond motifs is 1. The first-order chi connectivity index (χ1) is 7.69. The van der Waals surface area contributed by atoms with Crippen LogP contribution >= 0.6 is 0 Å². The van der Waals surface area contributed by atoms with Crippen LogP contribution in [0.2, 0.25) is 0 Å². The summed E-state index contributed by atoms with van der Waals surface area (Å²) >= 11 is 0. The molecular formula is C13H16N2O. The molecule has 1 aromatic heterocycles. The summed E-state index contributed by atoms with van der Waals surface area (Å²) in [5, 5.41) is 1.13. The number of para-hydroxylation sites is 1. The molecule has 2 N–H and O–H groups in total. The molecule has 16 heavy (non-hydrogen) atoms. The SMILES string of the molecule is COC(C)(CN)c1ccc2ccccc2n1. The number of aromatic nitrogens is 1. The van der Waals surface area contributed by atoms with Gasteiger partial charge in [-0.2, -0.15) is 0 Å². The number of ether oxygens (including phenoxy) is 1. The molecule has 0 spiro atoms. The molecule has 1 atom stereocenters. The molecule has 0 saturated carbocycles. The quantitative estimate of drug-likeness (QED) is 0.854. The van der Waals surface area contributed by atoms with Crippen LogP contribution in [0.4, 0.5) is 0 Å². The van der Waals surface area contributed by atoms with E-state index >= 15 is 0 Å². The highest BCUT2D eigenvalue weighted by atomic mass is 16.5. The highest BCUT2D eigenvalue weighted by molar-refractivity contribution is 5.78. The van der Waals surface area contributed by atoms with Crippen LogP contribution in [-0.4, -0.2) is 18.6 Å². The highest BCUT2D eigenvalue weighted by Gasteiger charge is 2.25. The largest absolute Gasteiger partial charge is 0.371 e. The number of hydrogen-bond donors (Lipinski definition) is 1. The maximum Gasteiger partial charge on any atom is 0.119 e. The number of pyridine rings is 1. The first-order valence-electron chi connectivity index (χ1n) is 5.31. The molecule has 3 heteroatoms. The Morgan fingerprint density at radius 3 is 2.69 bits per heavy atom. The Labute approximate surface area is 95.2 Å². The zero-order chi connectivity index (χ0) is 11.6. The molecule has 0 bridgehead atoms. The number of nitrogens with zero attached hydrogens (tertiary/aromatic N) is 1. The second-order valence-electron chi connectivity index (χ2n) is 4.03. The molecule has 2 rings (SSSR count). The second kappa shape index (κ2) is 4.20. The van der Waals surface area contributed by atoms with Gasteiger partial charge >= 0.3 is 0 Å². The molecule has 0 amide bonds. The summed E-state index contributed by atoms with van der Waals surface area (Å²) in [5.41, 5.74) is 7.06. The topological polar surface area (TPSA) is 48.1 Å². The molecule has 1 aromatic carbocycles. The maximum atomic E-state index is 5.73. The van der Waals surface area contributed by atoms with Crippen LogP contribution in [0.5, 0.6) is 0 Å². The lowest BCUT2D eigenvalue weighted by Crippen LogP contribution is -2.34. The fourth-order valence-electron chi connectivity index (χ4n) is 1.65. The molecule has 0 aliphatic heterocycles. The maximum absolute atomic E-state index is 5.73. The van der Waals surface area contributed by atoms with Gasteiger partial charge in [0.2, 0.25) is 0 Å². The average molecular weight is 216 g/mol. The van der Waals surface area contributed by atoms with Gasteiger partial charge in [0.15, 0.2) is 0 Å². The van der Waals surface area contributed by atoms with Gasteiger partial charge < -0.3 is 10.5 Å². The number of benzene rings is 1. The molecule has 3 nitrogen and oxygen atoms in total. The Hall–Kier alpha value is -1.45. The van der Waals surface area contributed by atoms with Crippen molar-refractivity contribution in [3.63, 3.8) is 0 Å². The van der Waals surface area contributed by atoms with Gasteiger partial charge in [-0.1, -0.05) is 24.3 Å². The van der Waals surface area contributed by atoms with Crippen molar-refractivity contribution in [1.29, 1.82) is 0 Å². The van der Waals surface area contributed by atoms with Crippen molar-refractivity contribution in [2.75, 3.05) is 13.7 Å². The van der Waals surface area contributed by atoms with E-state index in [-0.39, 0.29) is 0 Å². The minimum atomic E-state index is -0.510. The Morgan fingerprint density at radius 2 is 2.00 bits per heavy atom. The van der Waals surface area contributed by atoms with Crippen molar-refractivity contribution in [2.24, 2.45) is 5.73 Å². The van der Waals surface area contributed by atoms with E-state index in [1.807, 2.05) is 43.3 Å². The summed E-state index contributed by atoms with van der Waals surface area (Å²) in [6, 6.07) is 12.0. The fourth-order valence-corrected chi connectivity index (χ4v) is 1.65. The molecule has 1 heterocycles. The van der Waals surface area contributed by atoms with E-state index in [9.17, 15) is 0 Å². The Morgan fingerprint density at radius 1 is 1.25 bits per heavy atom. The van der Waals surface area contributed by atoms with Crippen LogP contribution < -0.4 is 5.73 Å². The fraction of sp³-hybridized carbons (Fsp3) is 0.308. The average Bonchev–Trinajstić information content (AvgIpc) is 2.37. The molecule has 0 aliphatic carbocycles. The van der Waals surface area contributed by atoms with Gasteiger partial charge in [-0.3, -0.25) is 0 Å². The predicted octanol–water partition coefficient (Wildman–Crippen LogP) is 2.06. The van der Waals surface area contributed by atoms with Crippen LogP contribution in [0, 0.1) is 0 Å². The van der Waals surface area contributed by atoms with Crippen molar-refractivity contribution < 1.29 is 4.74 Å². The van der Waals surface area contributed by atoms with Crippen molar-refractivity contribution in [2.45, 2.75) is 12.5 Å². The lowest BCUT2D eigenvalue weighted by Gasteiger charge is -2.25.